The monoisotopic (exact) mass is 219 g/mol. The van der Waals surface area contributed by atoms with E-state index in [4.69, 9.17) is 5.26 Å². The average Bonchev–Trinajstić information content (AvgIpc) is 2.31. The molecular weight excluding hydrogens is 205 g/mol. The number of piperazine rings is 1. The van der Waals surface area contributed by atoms with Crippen LogP contribution in [0, 0.1) is 17.1 Å². The van der Waals surface area contributed by atoms with Crippen LogP contribution in [0.5, 0.6) is 0 Å². The van der Waals surface area contributed by atoms with Gasteiger partial charge in [0.05, 0.1) is 18.3 Å². The zero-order valence-electron chi connectivity index (χ0n) is 9.06. The molecule has 0 saturated carbocycles. The summed E-state index contributed by atoms with van der Waals surface area (Å²) >= 11 is 0. The molecule has 1 aliphatic rings. The summed E-state index contributed by atoms with van der Waals surface area (Å²) in [6, 6.07) is 8.97. The Labute approximate surface area is 94.7 Å². The van der Waals surface area contributed by atoms with E-state index in [0.717, 1.165) is 26.2 Å². The van der Waals surface area contributed by atoms with Crippen LogP contribution in [-0.4, -0.2) is 37.6 Å². The van der Waals surface area contributed by atoms with Gasteiger partial charge < -0.3 is 4.90 Å². The number of para-hydroxylation sites is 1. The second-order valence-corrected chi connectivity index (χ2v) is 3.87. The topological polar surface area (TPSA) is 30.3 Å². The van der Waals surface area contributed by atoms with Gasteiger partial charge >= 0.3 is 0 Å². The standard InChI is InChI=1S/C12H14FN3/c13-11-3-1-2-4-12(11)16-9-7-15(6-5-14)8-10-16/h1-4H,6-10H2. The zero-order valence-corrected chi connectivity index (χ0v) is 9.06. The van der Waals surface area contributed by atoms with Gasteiger partial charge in [0.25, 0.3) is 0 Å². The van der Waals surface area contributed by atoms with Crippen molar-refractivity contribution >= 4 is 5.69 Å². The van der Waals surface area contributed by atoms with Crippen molar-refractivity contribution < 1.29 is 4.39 Å². The predicted molar refractivity (Wildman–Crippen MR) is 60.7 cm³/mol. The molecule has 1 heterocycles. The minimum Gasteiger partial charge on any atom is -0.367 e. The Kier molecular flexibility index (Phi) is 3.37. The van der Waals surface area contributed by atoms with Gasteiger partial charge in [0.1, 0.15) is 5.82 Å². The summed E-state index contributed by atoms with van der Waals surface area (Å²) in [5.74, 6) is -0.170. The van der Waals surface area contributed by atoms with E-state index in [1.54, 1.807) is 12.1 Å². The van der Waals surface area contributed by atoms with Gasteiger partial charge in [-0.1, -0.05) is 12.1 Å². The lowest BCUT2D eigenvalue weighted by Crippen LogP contribution is -2.46. The molecule has 1 fully saturated rings. The first-order valence-corrected chi connectivity index (χ1v) is 5.40. The third kappa shape index (κ3) is 2.31. The minimum atomic E-state index is -0.170. The lowest BCUT2D eigenvalue weighted by molar-refractivity contribution is 0.286. The Morgan fingerprint density at radius 3 is 2.50 bits per heavy atom. The number of hydrogen-bond acceptors (Lipinski definition) is 3. The van der Waals surface area contributed by atoms with Gasteiger partial charge in [0.15, 0.2) is 0 Å². The Morgan fingerprint density at radius 1 is 1.19 bits per heavy atom. The molecule has 0 aliphatic carbocycles. The van der Waals surface area contributed by atoms with Gasteiger partial charge in [-0.25, -0.2) is 4.39 Å². The molecule has 0 spiro atoms. The van der Waals surface area contributed by atoms with Crippen LogP contribution in [0.15, 0.2) is 24.3 Å². The fourth-order valence-corrected chi connectivity index (χ4v) is 1.96. The Hall–Kier alpha value is -1.60. The molecule has 2 rings (SSSR count). The van der Waals surface area contributed by atoms with Crippen molar-refractivity contribution in [3.8, 4) is 6.07 Å². The minimum absolute atomic E-state index is 0.170. The molecule has 3 nitrogen and oxygen atoms in total. The molecule has 1 aromatic carbocycles. The number of rotatable bonds is 2. The molecule has 4 heteroatoms. The molecule has 0 unspecified atom stereocenters. The lowest BCUT2D eigenvalue weighted by Gasteiger charge is -2.34. The molecule has 84 valence electrons. The van der Waals surface area contributed by atoms with Crippen LogP contribution in [0.4, 0.5) is 10.1 Å². The van der Waals surface area contributed by atoms with Crippen LogP contribution in [-0.2, 0) is 0 Å². The molecular formula is C12H14FN3. The van der Waals surface area contributed by atoms with Crippen molar-refractivity contribution in [2.24, 2.45) is 0 Å². The van der Waals surface area contributed by atoms with Crippen molar-refractivity contribution in [1.29, 1.82) is 5.26 Å². The largest absolute Gasteiger partial charge is 0.367 e. The van der Waals surface area contributed by atoms with E-state index in [-0.39, 0.29) is 5.82 Å². The van der Waals surface area contributed by atoms with Gasteiger partial charge in [-0.3, -0.25) is 4.90 Å². The first kappa shape index (κ1) is 10.9. The van der Waals surface area contributed by atoms with E-state index >= 15 is 0 Å². The Balaban J connectivity index is 2.00. The third-order valence-corrected chi connectivity index (χ3v) is 2.86. The van der Waals surface area contributed by atoms with Crippen molar-refractivity contribution in [1.82, 2.24) is 4.90 Å². The average molecular weight is 219 g/mol. The van der Waals surface area contributed by atoms with Crippen LogP contribution in [0.2, 0.25) is 0 Å². The number of benzene rings is 1. The summed E-state index contributed by atoms with van der Waals surface area (Å²) in [5.41, 5.74) is 0.666. The van der Waals surface area contributed by atoms with Crippen molar-refractivity contribution in [3.05, 3.63) is 30.1 Å². The second-order valence-electron chi connectivity index (χ2n) is 3.87. The fourth-order valence-electron chi connectivity index (χ4n) is 1.96. The molecule has 1 aromatic rings. The van der Waals surface area contributed by atoms with Crippen LogP contribution in [0.3, 0.4) is 0 Å². The number of anilines is 1. The number of nitrogens with zero attached hydrogens (tertiary/aromatic N) is 3. The maximum absolute atomic E-state index is 13.5. The molecule has 0 N–H and O–H groups in total. The number of hydrogen-bond donors (Lipinski definition) is 0. The maximum atomic E-state index is 13.5. The summed E-state index contributed by atoms with van der Waals surface area (Å²) < 4.78 is 13.5. The first-order valence-electron chi connectivity index (χ1n) is 5.40. The maximum Gasteiger partial charge on any atom is 0.146 e. The van der Waals surface area contributed by atoms with Crippen LogP contribution >= 0.6 is 0 Å². The fraction of sp³-hybridized carbons (Fsp3) is 0.417. The summed E-state index contributed by atoms with van der Waals surface area (Å²) in [6.07, 6.45) is 0. The SMILES string of the molecule is N#CCN1CCN(c2ccccc2F)CC1. The first-order chi connectivity index (χ1) is 7.81. The van der Waals surface area contributed by atoms with E-state index in [1.165, 1.54) is 6.07 Å². The van der Waals surface area contributed by atoms with Crippen molar-refractivity contribution in [3.63, 3.8) is 0 Å². The van der Waals surface area contributed by atoms with Gasteiger partial charge in [-0.15, -0.1) is 0 Å². The Morgan fingerprint density at radius 2 is 1.88 bits per heavy atom. The highest BCUT2D eigenvalue weighted by atomic mass is 19.1. The van der Waals surface area contributed by atoms with Crippen LogP contribution in [0.25, 0.3) is 0 Å². The Bertz CT molecular complexity index is 391. The normalized spacial score (nSPS) is 17.1. The number of nitriles is 1. The summed E-state index contributed by atoms with van der Waals surface area (Å²) in [6.45, 7) is 3.67. The summed E-state index contributed by atoms with van der Waals surface area (Å²) in [7, 11) is 0. The molecule has 0 amide bonds. The van der Waals surface area contributed by atoms with Gasteiger partial charge in [0.2, 0.25) is 0 Å². The summed E-state index contributed by atoms with van der Waals surface area (Å²) in [4.78, 5) is 4.11. The molecule has 16 heavy (non-hydrogen) atoms. The lowest BCUT2D eigenvalue weighted by atomic mass is 10.2. The van der Waals surface area contributed by atoms with E-state index in [1.807, 2.05) is 11.0 Å². The molecule has 0 radical (unpaired) electrons. The summed E-state index contributed by atoms with van der Waals surface area (Å²) in [5, 5.41) is 8.58. The van der Waals surface area contributed by atoms with Gasteiger partial charge in [0, 0.05) is 26.2 Å². The third-order valence-electron chi connectivity index (χ3n) is 2.86. The molecule has 0 atom stereocenters. The van der Waals surface area contributed by atoms with Crippen LogP contribution < -0.4 is 4.90 Å². The van der Waals surface area contributed by atoms with E-state index in [0.29, 0.717) is 12.2 Å². The highest BCUT2D eigenvalue weighted by Crippen LogP contribution is 2.19. The predicted octanol–water partition coefficient (Wildman–Crippen LogP) is 1.47. The van der Waals surface area contributed by atoms with Gasteiger partial charge in [-0.2, -0.15) is 5.26 Å². The van der Waals surface area contributed by atoms with E-state index in [2.05, 4.69) is 11.0 Å². The van der Waals surface area contributed by atoms with Crippen molar-refractivity contribution in [2.45, 2.75) is 0 Å². The zero-order chi connectivity index (χ0) is 11.4. The molecule has 1 aliphatic heterocycles. The number of halogens is 1. The van der Waals surface area contributed by atoms with E-state index in [9.17, 15) is 4.39 Å². The smallest absolute Gasteiger partial charge is 0.146 e. The van der Waals surface area contributed by atoms with Crippen LogP contribution in [0.1, 0.15) is 0 Å². The quantitative estimate of drug-likeness (QED) is 0.706. The van der Waals surface area contributed by atoms with Gasteiger partial charge in [-0.05, 0) is 12.1 Å². The highest BCUT2D eigenvalue weighted by molar-refractivity contribution is 5.47. The molecule has 0 aromatic heterocycles. The second kappa shape index (κ2) is 4.95. The molecule has 1 saturated heterocycles. The molecule has 0 bridgehead atoms. The van der Waals surface area contributed by atoms with Crippen molar-refractivity contribution in [2.75, 3.05) is 37.6 Å². The van der Waals surface area contributed by atoms with E-state index < -0.39 is 0 Å². The highest BCUT2D eigenvalue weighted by Gasteiger charge is 2.18.